The molecule has 150 valence electrons. The lowest BCUT2D eigenvalue weighted by Crippen LogP contribution is -2.37. The number of piperidine rings is 1. The van der Waals surface area contributed by atoms with E-state index in [0.717, 1.165) is 37.2 Å². The molecule has 0 aromatic carbocycles. The first-order chi connectivity index (χ1) is 13.6. The second-order valence-electron chi connectivity index (χ2n) is 6.84. The number of hydrogen-bond acceptors (Lipinski definition) is 6. The number of aromatic nitrogens is 1. The molecule has 1 aliphatic rings. The summed E-state index contributed by atoms with van der Waals surface area (Å²) in [6.07, 6.45) is 1.51. The van der Waals surface area contributed by atoms with Crippen molar-refractivity contribution in [1.82, 2.24) is 15.2 Å². The fourth-order valence-corrected chi connectivity index (χ4v) is 3.95. The standard InChI is InChI=1S/C20H25N3O4S/c1-2-27-20(26)15-5-8-23(9-6-15)12-16-3-4-17(19(25)22-16)18(24)21-11-14-7-10-28-13-14/h3-4,7,10,13,15H,2,5-6,8-9,11-12H2,1H3,(H,21,24)(H,22,25). The number of nitrogens with zero attached hydrogens (tertiary/aromatic N) is 1. The molecule has 0 spiro atoms. The molecule has 0 radical (unpaired) electrons. The zero-order valence-corrected chi connectivity index (χ0v) is 16.7. The topological polar surface area (TPSA) is 91.5 Å². The van der Waals surface area contributed by atoms with Crippen molar-refractivity contribution in [3.8, 4) is 0 Å². The quantitative estimate of drug-likeness (QED) is 0.691. The van der Waals surface area contributed by atoms with Crippen LogP contribution in [0.3, 0.4) is 0 Å². The normalized spacial score (nSPS) is 15.3. The van der Waals surface area contributed by atoms with E-state index in [9.17, 15) is 14.4 Å². The van der Waals surface area contributed by atoms with Crippen LogP contribution in [0.5, 0.6) is 0 Å². The fraction of sp³-hybridized carbons (Fsp3) is 0.450. The molecule has 0 aliphatic carbocycles. The van der Waals surface area contributed by atoms with Crippen molar-refractivity contribution in [3.05, 3.63) is 56.1 Å². The highest BCUT2D eigenvalue weighted by molar-refractivity contribution is 7.07. The molecule has 2 aromatic rings. The number of likely N-dealkylation sites (tertiary alicyclic amines) is 1. The van der Waals surface area contributed by atoms with Gasteiger partial charge < -0.3 is 15.0 Å². The summed E-state index contributed by atoms with van der Waals surface area (Å²) in [6, 6.07) is 5.28. The summed E-state index contributed by atoms with van der Waals surface area (Å²) in [6.45, 7) is 4.76. The number of hydrogen-bond donors (Lipinski definition) is 2. The molecule has 2 N–H and O–H groups in total. The van der Waals surface area contributed by atoms with Gasteiger partial charge in [0.15, 0.2) is 0 Å². The molecule has 0 atom stereocenters. The average molecular weight is 404 g/mol. The van der Waals surface area contributed by atoms with Gasteiger partial charge >= 0.3 is 5.97 Å². The lowest BCUT2D eigenvalue weighted by atomic mass is 9.97. The van der Waals surface area contributed by atoms with Gasteiger partial charge in [-0.05, 0) is 67.4 Å². The summed E-state index contributed by atoms with van der Waals surface area (Å²) >= 11 is 1.56. The largest absolute Gasteiger partial charge is 0.466 e. The smallest absolute Gasteiger partial charge is 0.309 e. The Hall–Kier alpha value is -2.45. The molecule has 3 rings (SSSR count). The minimum Gasteiger partial charge on any atom is -0.466 e. The number of pyridine rings is 1. The summed E-state index contributed by atoms with van der Waals surface area (Å²) < 4.78 is 5.09. The summed E-state index contributed by atoms with van der Waals surface area (Å²) in [5.74, 6) is -0.535. The highest BCUT2D eigenvalue weighted by Crippen LogP contribution is 2.19. The van der Waals surface area contributed by atoms with Gasteiger partial charge in [0.25, 0.3) is 11.5 Å². The maximum absolute atomic E-state index is 12.3. The Bertz CT molecular complexity index is 855. The molecule has 0 bridgehead atoms. The highest BCUT2D eigenvalue weighted by Gasteiger charge is 2.26. The number of aromatic amines is 1. The van der Waals surface area contributed by atoms with Crippen molar-refractivity contribution in [2.24, 2.45) is 5.92 Å². The van der Waals surface area contributed by atoms with E-state index in [4.69, 9.17) is 4.74 Å². The van der Waals surface area contributed by atoms with Crippen LogP contribution in [0.4, 0.5) is 0 Å². The number of esters is 1. The molecule has 1 aliphatic heterocycles. The van der Waals surface area contributed by atoms with E-state index in [-0.39, 0.29) is 28.9 Å². The Kier molecular flexibility index (Phi) is 7.00. The molecule has 2 aromatic heterocycles. The maximum atomic E-state index is 12.3. The molecule has 8 heteroatoms. The average Bonchev–Trinajstić information content (AvgIpc) is 3.21. The van der Waals surface area contributed by atoms with E-state index in [1.807, 2.05) is 23.8 Å². The number of H-pyrrole nitrogens is 1. The van der Waals surface area contributed by atoms with Crippen molar-refractivity contribution < 1.29 is 14.3 Å². The minimum atomic E-state index is -0.387. The molecule has 0 unspecified atom stereocenters. The van der Waals surface area contributed by atoms with Gasteiger partial charge in [0.2, 0.25) is 0 Å². The number of amides is 1. The monoisotopic (exact) mass is 403 g/mol. The first kappa shape index (κ1) is 20.3. The molecular formula is C20H25N3O4S. The molecule has 28 heavy (non-hydrogen) atoms. The number of rotatable bonds is 7. The predicted octanol–water partition coefficient (Wildman–Crippen LogP) is 2.14. The van der Waals surface area contributed by atoms with Crippen LogP contribution in [0, 0.1) is 5.92 Å². The summed E-state index contributed by atoms with van der Waals surface area (Å²) in [5, 5.41) is 6.66. The van der Waals surface area contributed by atoms with Crippen LogP contribution in [-0.2, 0) is 22.6 Å². The fourth-order valence-electron chi connectivity index (χ4n) is 3.28. The molecule has 3 heterocycles. The van der Waals surface area contributed by atoms with Crippen LogP contribution in [0.1, 0.15) is 41.4 Å². The predicted molar refractivity (Wildman–Crippen MR) is 107 cm³/mol. The molecular weight excluding hydrogens is 378 g/mol. The van der Waals surface area contributed by atoms with Crippen molar-refractivity contribution in [2.45, 2.75) is 32.9 Å². The van der Waals surface area contributed by atoms with Gasteiger partial charge in [-0.15, -0.1) is 0 Å². The lowest BCUT2D eigenvalue weighted by Gasteiger charge is -2.30. The Morgan fingerprint density at radius 3 is 2.71 bits per heavy atom. The van der Waals surface area contributed by atoms with Gasteiger partial charge in [-0.3, -0.25) is 19.3 Å². The summed E-state index contributed by atoms with van der Waals surface area (Å²) in [5.41, 5.74) is 1.49. The third-order valence-corrected chi connectivity index (χ3v) is 5.58. The number of ether oxygens (including phenoxy) is 1. The Labute approximate surface area is 167 Å². The molecule has 1 saturated heterocycles. The van der Waals surface area contributed by atoms with E-state index in [1.54, 1.807) is 23.5 Å². The van der Waals surface area contributed by atoms with Gasteiger partial charge in [0.05, 0.1) is 12.5 Å². The third-order valence-electron chi connectivity index (χ3n) is 4.85. The zero-order chi connectivity index (χ0) is 19.9. The zero-order valence-electron chi connectivity index (χ0n) is 15.9. The minimum absolute atomic E-state index is 0.0375. The van der Waals surface area contributed by atoms with Gasteiger partial charge in [0.1, 0.15) is 5.56 Å². The maximum Gasteiger partial charge on any atom is 0.309 e. The summed E-state index contributed by atoms with van der Waals surface area (Å²) in [4.78, 5) is 41.3. The van der Waals surface area contributed by atoms with Crippen LogP contribution < -0.4 is 10.9 Å². The van der Waals surface area contributed by atoms with E-state index < -0.39 is 0 Å². The molecule has 1 amide bonds. The van der Waals surface area contributed by atoms with Crippen molar-refractivity contribution in [1.29, 1.82) is 0 Å². The van der Waals surface area contributed by atoms with E-state index in [2.05, 4.69) is 15.2 Å². The van der Waals surface area contributed by atoms with Crippen LogP contribution in [-0.4, -0.2) is 41.5 Å². The van der Waals surface area contributed by atoms with Crippen molar-refractivity contribution in [2.75, 3.05) is 19.7 Å². The van der Waals surface area contributed by atoms with Gasteiger partial charge in [-0.2, -0.15) is 11.3 Å². The van der Waals surface area contributed by atoms with Crippen molar-refractivity contribution >= 4 is 23.2 Å². The third kappa shape index (κ3) is 5.30. The second-order valence-corrected chi connectivity index (χ2v) is 7.62. The Morgan fingerprint density at radius 1 is 1.29 bits per heavy atom. The van der Waals surface area contributed by atoms with Crippen LogP contribution in [0.2, 0.25) is 0 Å². The SMILES string of the molecule is CCOC(=O)C1CCN(Cc2ccc(C(=O)NCc3ccsc3)c(=O)[nH]2)CC1. The Morgan fingerprint density at radius 2 is 2.07 bits per heavy atom. The number of carbonyl (C=O) groups excluding carboxylic acids is 2. The first-order valence-corrected chi connectivity index (χ1v) is 10.4. The first-order valence-electron chi connectivity index (χ1n) is 9.47. The van der Waals surface area contributed by atoms with Gasteiger partial charge in [-0.1, -0.05) is 0 Å². The molecule has 1 fully saturated rings. The van der Waals surface area contributed by atoms with E-state index in [0.29, 0.717) is 19.7 Å². The van der Waals surface area contributed by atoms with E-state index in [1.165, 1.54) is 0 Å². The molecule has 0 saturated carbocycles. The van der Waals surface area contributed by atoms with Crippen LogP contribution in [0.25, 0.3) is 0 Å². The van der Waals surface area contributed by atoms with Gasteiger partial charge in [0, 0.05) is 18.8 Å². The van der Waals surface area contributed by atoms with Crippen LogP contribution >= 0.6 is 11.3 Å². The summed E-state index contributed by atoms with van der Waals surface area (Å²) in [7, 11) is 0. The van der Waals surface area contributed by atoms with E-state index >= 15 is 0 Å². The lowest BCUT2D eigenvalue weighted by molar-refractivity contribution is -0.149. The second kappa shape index (κ2) is 9.66. The number of thiophene rings is 1. The van der Waals surface area contributed by atoms with Gasteiger partial charge in [-0.25, -0.2) is 0 Å². The molecule has 7 nitrogen and oxygen atoms in total. The Balaban J connectivity index is 1.52. The number of nitrogens with one attached hydrogen (secondary N) is 2. The van der Waals surface area contributed by atoms with Crippen molar-refractivity contribution in [3.63, 3.8) is 0 Å². The number of carbonyl (C=O) groups is 2. The highest BCUT2D eigenvalue weighted by atomic mass is 32.1. The van der Waals surface area contributed by atoms with Crippen LogP contribution in [0.15, 0.2) is 33.8 Å².